The highest BCUT2D eigenvalue weighted by Crippen LogP contribution is 2.32. The Labute approximate surface area is 111 Å². The first kappa shape index (κ1) is 15.1. The van der Waals surface area contributed by atoms with Crippen LogP contribution in [-0.4, -0.2) is 25.7 Å². The Morgan fingerprint density at radius 3 is 2.67 bits per heavy atom. The van der Waals surface area contributed by atoms with Gasteiger partial charge in [0.2, 0.25) is 0 Å². The maximum Gasteiger partial charge on any atom is 0.416 e. The number of hydrogen-bond donors (Lipinski definition) is 1. The monoisotopic (exact) mass is 280 g/mol. The van der Waals surface area contributed by atoms with E-state index in [-0.39, 0.29) is 18.4 Å². The topological polar surface area (TPSA) is 15.3 Å². The number of nitrogens with zero attached hydrogens (tertiary/aromatic N) is 1. The molecular weight excluding hydrogens is 265 g/mol. The van der Waals surface area contributed by atoms with Crippen molar-refractivity contribution in [3.8, 4) is 0 Å². The standard InChI is InChI=1S/C12H15F3N2.ClH/c1-9-8-16-5-6-17(9)11-4-2-3-10(7-11)12(13,14)15;/h2-4,7,9,16H,5-6,8H2,1H3;1H/t9-;/m1./s1. The number of alkyl halides is 3. The Hall–Kier alpha value is -0.940. The van der Waals surface area contributed by atoms with Gasteiger partial charge in [-0.15, -0.1) is 12.4 Å². The molecule has 2 nitrogen and oxygen atoms in total. The third kappa shape index (κ3) is 3.29. The van der Waals surface area contributed by atoms with Crippen LogP contribution in [0, 0.1) is 0 Å². The zero-order valence-corrected chi connectivity index (χ0v) is 10.8. The predicted molar refractivity (Wildman–Crippen MR) is 68.4 cm³/mol. The van der Waals surface area contributed by atoms with Gasteiger partial charge in [0, 0.05) is 31.4 Å². The number of hydrogen-bond acceptors (Lipinski definition) is 2. The van der Waals surface area contributed by atoms with Gasteiger partial charge in [-0.3, -0.25) is 0 Å². The summed E-state index contributed by atoms with van der Waals surface area (Å²) in [6.07, 6.45) is -4.27. The molecule has 0 radical (unpaired) electrons. The summed E-state index contributed by atoms with van der Waals surface area (Å²) in [5.41, 5.74) is 0.0644. The van der Waals surface area contributed by atoms with Crippen molar-refractivity contribution in [1.82, 2.24) is 5.32 Å². The van der Waals surface area contributed by atoms with Crippen molar-refractivity contribution >= 4 is 18.1 Å². The molecule has 0 unspecified atom stereocenters. The van der Waals surface area contributed by atoms with Crippen LogP contribution in [0.25, 0.3) is 0 Å². The second kappa shape index (κ2) is 5.80. The summed E-state index contributed by atoms with van der Waals surface area (Å²) in [5, 5.41) is 3.22. The van der Waals surface area contributed by atoms with Gasteiger partial charge in [0.05, 0.1) is 5.56 Å². The van der Waals surface area contributed by atoms with Gasteiger partial charge in [0.1, 0.15) is 0 Å². The van der Waals surface area contributed by atoms with Gasteiger partial charge in [-0.2, -0.15) is 13.2 Å². The SMILES string of the molecule is C[C@@H]1CNCCN1c1cccc(C(F)(F)F)c1.Cl. The van der Waals surface area contributed by atoms with Crippen molar-refractivity contribution in [3.05, 3.63) is 29.8 Å². The highest BCUT2D eigenvalue weighted by Gasteiger charge is 2.31. The summed E-state index contributed by atoms with van der Waals surface area (Å²) in [5.74, 6) is 0. The molecule has 1 fully saturated rings. The summed E-state index contributed by atoms with van der Waals surface area (Å²) >= 11 is 0. The van der Waals surface area contributed by atoms with Crippen LogP contribution in [0.4, 0.5) is 18.9 Å². The quantitative estimate of drug-likeness (QED) is 0.851. The summed E-state index contributed by atoms with van der Waals surface area (Å²) in [4.78, 5) is 2.01. The normalized spacial score (nSPS) is 20.4. The van der Waals surface area contributed by atoms with Crippen molar-refractivity contribution in [2.24, 2.45) is 0 Å². The fraction of sp³-hybridized carbons (Fsp3) is 0.500. The third-order valence-corrected chi connectivity index (χ3v) is 3.01. The third-order valence-electron chi connectivity index (χ3n) is 3.01. The van der Waals surface area contributed by atoms with E-state index in [2.05, 4.69) is 5.32 Å². The lowest BCUT2D eigenvalue weighted by molar-refractivity contribution is -0.137. The lowest BCUT2D eigenvalue weighted by Crippen LogP contribution is -2.49. The number of anilines is 1. The Morgan fingerprint density at radius 1 is 1.33 bits per heavy atom. The first-order chi connectivity index (χ1) is 7.98. The Balaban J connectivity index is 0.00000162. The second-order valence-electron chi connectivity index (χ2n) is 4.29. The number of benzene rings is 1. The van der Waals surface area contributed by atoms with Crippen molar-refractivity contribution < 1.29 is 13.2 Å². The maximum absolute atomic E-state index is 12.6. The van der Waals surface area contributed by atoms with Gasteiger partial charge in [-0.25, -0.2) is 0 Å². The Kier molecular flexibility index (Phi) is 4.87. The van der Waals surface area contributed by atoms with E-state index in [1.807, 2.05) is 11.8 Å². The van der Waals surface area contributed by atoms with E-state index in [9.17, 15) is 13.2 Å². The molecule has 0 bridgehead atoms. The largest absolute Gasteiger partial charge is 0.416 e. The predicted octanol–water partition coefficient (Wildman–Crippen LogP) is 2.93. The molecule has 102 valence electrons. The van der Waals surface area contributed by atoms with Gasteiger partial charge >= 0.3 is 6.18 Å². The maximum atomic E-state index is 12.6. The summed E-state index contributed by atoms with van der Waals surface area (Å²) in [6.45, 7) is 4.35. The molecule has 2 rings (SSSR count). The molecule has 6 heteroatoms. The van der Waals surface area contributed by atoms with E-state index in [1.165, 1.54) is 12.1 Å². The molecule has 1 aromatic rings. The Bertz CT molecular complexity index is 395. The van der Waals surface area contributed by atoms with Gasteiger partial charge < -0.3 is 10.2 Å². The molecule has 0 spiro atoms. The van der Waals surface area contributed by atoms with E-state index in [4.69, 9.17) is 0 Å². The highest BCUT2D eigenvalue weighted by atomic mass is 35.5. The lowest BCUT2D eigenvalue weighted by atomic mass is 10.1. The van der Waals surface area contributed by atoms with Crippen LogP contribution in [0.1, 0.15) is 12.5 Å². The van der Waals surface area contributed by atoms with E-state index < -0.39 is 11.7 Å². The molecule has 0 aliphatic carbocycles. The molecule has 1 heterocycles. The molecule has 1 aliphatic heterocycles. The lowest BCUT2D eigenvalue weighted by Gasteiger charge is -2.36. The van der Waals surface area contributed by atoms with Crippen LogP contribution < -0.4 is 10.2 Å². The zero-order chi connectivity index (χ0) is 12.5. The zero-order valence-electron chi connectivity index (χ0n) is 10.00. The fourth-order valence-corrected chi connectivity index (χ4v) is 2.09. The average molecular weight is 281 g/mol. The van der Waals surface area contributed by atoms with Crippen LogP contribution in [0.15, 0.2) is 24.3 Å². The molecule has 18 heavy (non-hydrogen) atoms. The highest BCUT2D eigenvalue weighted by molar-refractivity contribution is 5.85. The molecule has 0 aromatic heterocycles. The van der Waals surface area contributed by atoms with Crippen LogP contribution in [0.2, 0.25) is 0 Å². The second-order valence-corrected chi connectivity index (χ2v) is 4.29. The smallest absolute Gasteiger partial charge is 0.366 e. The van der Waals surface area contributed by atoms with Crippen LogP contribution in [0.5, 0.6) is 0 Å². The van der Waals surface area contributed by atoms with E-state index in [0.29, 0.717) is 5.69 Å². The first-order valence-corrected chi connectivity index (χ1v) is 5.63. The molecule has 1 aliphatic rings. The van der Waals surface area contributed by atoms with Crippen LogP contribution in [-0.2, 0) is 6.18 Å². The summed E-state index contributed by atoms with van der Waals surface area (Å²) < 4.78 is 37.8. The molecule has 1 atom stereocenters. The van der Waals surface area contributed by atoms with Gasteiger partial charge in [-0.05, 0) is 25.1 Å². The summed E-state index contributed by atoms with van der Waals surface area (Å²) in [7, 11) is 0. The number of halogens is 4. The van der Waals surface area contributed by atoms with Crippen molar-refractivity contribution in [2.45, 2.75) is 19.1 Å². The fourth-order valence-electron chi connectivity index (χ4n) is 2.09. The molecule has 1 N–H and O–H groups in total. The summed E-state index contributed by atoms with van der Waals surface area (Å²) in [6, 6.07) is 5.74. The number of nitrogens with one attached hydrogen (secondary N) is 1. The Morgan fingerprint density at radius 2 is 2.06 bits per heavy atom. The molecular formula is C12H16ClF3N2. The average Bonchev–Trinajstić information content (AvgIpc) is 2.29. The molecule has 0 saturated carbocycles. The minimum absolute atomic E-state index is 0. The first-order valence-electron chi connectivity index (χ1n) is 5.63. The van der Waals surface area contributed by atoms with Gasteiger partial charge in [0.15, 0.2) is 0 Å². The van der Waals surface area contributed by atoms with E-state index >= 15 is 0 Å². The van der Waals surface area contributed by atoms with Crippen molar-refractivity contribution in [2.75, 3.05) is 24.5 Å². The molecule has 1 saturated heterocycles. The minimum Gasteiger partial charge on any atom is -0.366 e. The van der Waals surface area contributed by atoms with Gasteiger partial charge in [0.25, 0.3) is 0 Å². The van der Waals surface area contributed by atoms with Crippen LogP contribution in [0.3, 0.4) is 0 Å². The van der Waals surface area contributed by atoms with Crippen LogP contribution >= 0.6 is 12.4 Å². The molecule has 0 amide bonds. The van der Waals surface area contributed by atoms with Gasteiger partial charge in [-0.1, -0.05) is 6.07 Å². The van der Waals surface area contributed by atoms with E-state index in [0.717, 1.165) is 25.7 Å². The van der Waals surface area contributed by atoms with Crippen molar-refractivity contribution in [3.63, 3.8) is 0 Å². The molecule has 1 aromatic carbocycles. The van der Waals surface area contributed by atoms with Crippen molar-refractivity contribution in [1.29, 1.82) is 0 Å². The number of piperazine rings is 1. The van der Waals surface area contributed by atoms with E-state index in [1.54, 1.807) is 6.07 Å². The minimum atomic E-state index is -4.27. The number of rotatable bonds is 1.